The summed E-state index contributed by atoms with van der Waals surface area (Å²) in [6.45, 7) is 0. The van der Waals surface area contributed by atoms with Crippen molar-refractivity contribution in [3.63, 3.8) is 0 Å². The zero-order valence-corrected chi connectivity index (χ0v) is 17.8. The number of amides is 1. The van der Waals surface area contributed by atoms with Gasteiger partial charge in [0.1, 0.15) is 0 Å². The second-order valence-corrected chi connectivity index (χ2v) is 8.17. The molecule has 2 heterocycles. The van der Waals surface area contributed by atoms with Gasteiger partial charge < -0.3 is 4.57 Å². The molecule has 0 unspecified atom stereocenters. The summed E-state index contributed by atoms with van der Waals surface area (Å²) in [7, 11) is 2.91. The highest BCUT2D eigenvalue weighted by Gasteiger charge is 2.09. The summed E-state index contributed by atoms with van der Waals surface area (Å²) < 4.78 is 2.25. The van der Waals surface area contributed by atoms with Crippen LogP contribution < -0.4 is 16.6 Å². The third-order valence-corrected chi connectivity index (χ3v) is 5.56. The van der Waals surface area contributed by atoms with Gasteiger partial charge in [0.2, 0.25) is 5.91 Å². The van der Waals surface area contributed by atoms with Gasteiger partial charge in [-0.15, -0.1) is 11.3 Å². The van der Waals surface area contributed by atoms with E-state index in [1.54, 1.807) is 24.4 Å². The highest BCUT2D eigenvalue weighted by molar-refractivity contribution is 7.15. The van der Waals surface area contributed by atoms with E-state index in [1.807, 2.05) is 0 Å². The first-order valence-electron chi connectivity index (χ1n) is 8.39. The standard InChI is InChI=1S/C19H16Cl2N4O3S/c1-24-10-11(17(27)25(2)19(24)28)3-6-16(26)23-18-22-9-14(29-18)8-12-7-13(20)4-5-15(12)21/h3-7,9-10H,8H2,1-2H3,(H,22,23,26)/b6-3+. The van der Waals surface area contributed by atoms with Gasteiger partial charge in [0.15, 0.2) is 5.13 Å². The van der Waals surface area contributed by atoms with E-state index < -0.39 is 17.2 Å². The Morgan fingerprint density at radius 1 is 1.28 bits per heavy atom. The van der Waals surface area contributed by atoms with E-state index in [0.717, 1.165) is 15.0 Å². The topological polar surface area (TPSA) is 86.0 Å². The molecule has 0 aliphatic rings. The number of carbonyl (C=O) groups is 1. The monoisotopic (exact) mass is 450 g/mol. The number of thiazole rings is 1. The molecule has 7 nitrogen and oxygen atoms in total. The van der Waals surface area contributed by atoms with E-state index in [0.29, 0.717) is 21.6 Å². The van der Waals surface area contributed by atoms with E-state index in [2.05, 4.69) is 10.3 Å². The molecule has 0 spiro atoms. The number of nitrogens with zero attached hydrogens (tertiary/aromatic N) is 3. The largest absolute Gasteiger partial charge is 0.330 e. The molecule has 150 valence electrons. The van der Waals surface area contributed by atoms with E-state index in [-0.39, 0.29) is 5.56 Å². The third-order valence-electron chi connectivity index (χ3n) is 4.04. The fourth-order valence-corrected chi connectivity index (χ4v) is 3.79. The van der Waals surface area contributed by atoms with Gasteiger partial charge >= 0.3 is 5.69 Å². The van der Waals surface area contributed by atoms with Crippen molar-refractivity contribution >= 4 is 51.7 Å². The summed E-state index contributed by atoms with van der Waals surface area (Å²) in [6, 6.07) is 5.24. The first kappa shape index (κ1) is 21.0. The number of aromatic nitrogens is 3. The summed E-state index contributed by atoms with van der Waals surface area (Å²) in [4.78, 5) is 41.0. The van der Waals surface area contributed by atoms with Gasteiger partial charge in [-0.3, -0.25) is 19.5 Å². The van der Waals surface area contributed by atoms with Gasteiger partial charge in [0.25, 0.3) is 5.56 Å². The Morgan fingerprint density at radius 3 is 2.79 bits per heavy atom. The molecule has 0 radical (unpaired) electrons. The fraction of sp³-hybridized carbons (Fsp3) is 0.158. The van der Waals surface area contributed by atoms with Crippen molar-refractivity contribution < 1.29 is 4.79 Å². The van der Waals surface area contributed by atoms with Crippen LogP contribution in [0.1, 0.15) is 16.0 Å². The first-order chi connectivity index (χ1) is 13.7. The maximum atomic E-state index is 12.2. The lowest BCUT2D eigenvalue weighted by Crippen LogP contribution is -2.37. The number of carbonyl (C=O) groups excluding carboxylic acids is 1. The van der Waals surface area contributed by atoms with Crippen LogP contribution in [0, 0.1) is 0 Å². The van der Waals surface area contributed by atoms with Crippen LogP contribution in [0.2, 0.25) is 10.0 Å². The normalized spacial score (nSPS) is 11.2. The lowest BCUT2D eigenvalue weighted by atomic mass is 10.1. The van der Waals surface area contributed by atoms with Gasteiger partial charge in [-0.2, -0.15) is 0 Å². The second kappa shape index (κ2) is 8.77. The molecular formula is C19H16Cl2N4O3S. The zero-order chi connectivity index (χ0) is 21.1. The molecular weight excluding hydrogens is 435 g/mol. The van der Waals surface area contributed by atoms with E-state index in [1.165, 1.54) is 48.3 Å². The summed E-state index contributed by atoms with van der Waals surface area (Å²) >= 11 is 13.5. The van der Waals surface area contributed by atoms with E-state index in [9.17, 15) is 14.4 Å². The number of nitrogens with one attached hydrogen (secondary N) is 1. The van der Waals surface area contributed by atoms with Crippen LogP contribution in [0.5, 0.6) is 0 Å². The third kappa shape index (κ3) is 5.03. The predicted molar refractivity (Wildman–Crippen MR) is 116 cm³/mol. The van der Waals surface area contributed by atoms with Gasteiger partial charge in [-0.1, -0.05) is 23.2 Å². The van der Waals surface area contributed by atoms with Crippen molar-refractivity contribution in [1.82, 2.24) is 14.1 Å². The molecule has 1 N–H and O–H groups in total. The van der Waals surface area contributed by atoms with Crippen LogP contribution in [-0.2, 0) is 25.3 Å². The number of anilines is 1. The van der Waals surface area contributed by atoms with Gasteiger partial charge in [0, 0.05) is 53.9 Å². The highest BCUT2D eigenvalue weighted by atomic mass is 35.5. The van der Waals surface area contributed by atoms with Crippen LogP contribution in [0.3, 0.4) is 0 Å². The number of aryl methyl sites for hydroxylation is 1. The number of rotatable bonds is 5. The van der Waals surface area contributed by atoms with Crippen LogP contribution in [0.4, 0.5) is 5.13 Å². The molecule has 1 amide bonds. The van der Waals surface area contributed by atoms with Gasteiger partial charge in [0.05, 0.1) is 5.56 Å². The molecule has 10 heteroatoms. The lowest BCUT2D eigenvalue weighted by molar-refractivity contribution is -0.111. The molecule has 0 atom stereocenters. The summed E-state index contributed by atoms with van der Waals surface area (Å²) in [5, 5.41) is 4.27. The Bertz CT molecular complexity index is 1230. The average Bonchev–Trinajstić information content (AvgIpc) is 3.11. The highest BCUT2D eigenvalue weighted by Crippen LogP contribution is 2.26. The molecule has 0 saturated carbocycles. The Morgan fingerprint density at radius 2 is 2.03 bits per heavy atom. The Balaban J connectivity index is 1.69. The minimum Gasteiger partial charge on any atom is -0.303 e. The maximum absolute atomic E-state index is 12.2. The molecule has 0 saturated heterocycles. The molecule has 2 aromatic heterocycles. The summed E-state index contributed by atoms with van der Waals surface area (Å²) in [5.41, 5.74) is 0.171. The molecule has 0 bridgehead atoms. The molecule has 0 fully saturated rings. The van der Waals surface area contributed by atoms with Crippen molar-refractivity contribution in [1.29, 1.82) is 0 Å². The van der Waals surface area contributed by atoms with Crippen LogP contribution >= 0.6 is 34.5 Å². The second-order valence-electron chi connectivity index (χ2n) is 6.21. The molecule has 3 rings (SSSR count). The first-order valence-corrected chi connectivity index (χ1v) is 9.96. The van der Waals surface area contributed by atoms with E-state index >= 15 is 0 Å². The van der Waals surface area contributed by atoms with Crippen LogP contribution in [0.25, 0.3) is 6.08 Å². The number of hydrogen-bond acceptors (Lipinski definition) is 5. The molecule has 29 heavy (non-hydrogen) atoms. The Hall–Kier alpha value is -2.68. The van der Waals surface area contributed by atoms with Crippen molar-refractivity contribution in [2.45, 2.75) is 6.42 Å². The Labute approximate surface area is 179 Å². The van der Waals surface area contributed by atoms with Gasteiger partial charge in [-0.05, 0) is 29.8 Å². The quantitative estimate of drug-likeness (QED) is 0.605. The van der Waals surface area contributed by atoms with Crippen molar-refractivity contribution in [3.8, 4) is 0 Å². The van der Waals surface area contributed by atoms with Crippen LogP contribution in [0.15, 0.2) is 46.3 Å². The summed E-state index contributed by atoms with van der Waals surface area (Å²) in [6.07, 6.45) is 6.15. The number of hydrogen-bond donors (Lipinski definition) is 1. The van der Waals surface area contributed by atoms with Gasteiger partial charge in [-0.25, -0.2) is 9.78 Å². The SMILES string of the molecule is Cn1cc(/C=C/C(=O)Nc2ncc(Cc3cc(Cl)ccc3Cl)s2)c(=O)n(C)c1=O. The molecule has 1 aromatic carbocycles. The maximum Gasteiger partial charge on any atom is 0.330 e. The average molecular weight is 451 g/mol. The Kier molecular flexibility index (Phi) is 6.36. The van der Waals surface area contributed by atoms with Crippen molar-refractivity contribution in [2.24, 2.45) is 14.1 Å². The van der Waals surface area contributed by atoms with Crippen molar-refractivity contribution in [2.75, 3.05) is 5.32 Å². The number of benzene rings is 1. The zero-order valence-electron chi connectivity index (χ0n) is 15.5. The minimum absolute atomic E-state index is 0.222. The smallest absolute Gasteiger partial charge is 0.303 e. The van der Waals surface area contributed by atoms with E-state index in [4.69, 9.17) is 23.2 Å². The minimum atomic E-state index is -0.480. The molecule has 0 aliphatic carbocycles. The fourth-order valence-electron chi connectivity index (χ4n) is 2.58. The molecule has 3 aromatic rings. The predicted octanol–water partition coefficient (Wildman–Crippen LogP) is 3.09. The molecule has 0 aliphatic heterocycles. The summed E-state index contributed by atoms with van der Waals surface area (Å²) in [5.74, 6) is -0.442. The van der Waals surface area contributed by atoms with Crippen molar-refractivity contribution in [3.05, 3.63) is 83.6 Å². The lowest BCUT2D eigenvalue weighted by Gasteiger charge is -2.03. The number of halogens is 2. The van der Waals surface area contributed by atoms with Crippen LogP contribution in [-0.4, -0.2) is 20.0 Å².